The Bertz CT molecular complexity index is 418. The number of benzene rings is 1. The molecule has 17 heavy (non-hydrogen) atoms. The molecule has 1 aromatic heterocycles. The second-order valence-electron chi connectivity index (χ2n) is 3.50. The van der Waals surface area contributed by atoms with Crippen molar-refractivity contribution in [3.63, 3.8) is 0 Å². The van der Waals surface area contributed by atoms with Gasteiger partial charge in [0.05, 0.1) is 0 Å². The van der Waals surface area contributed by atoms with Crippen LogP contribution in [0.1, 0.15) is 18.8 Å². The van der Waals surface area contributed by atoms with Gasteiger partial charge in [0.1, 0.15) is 0 Å². The van der Waals surface area contributed by atoms with E-state index in [1.165, 1.54) is 11.1 Å². The zero-order valence-electron chi connectivity index (χ0n) is 9.87. The van der Waals surface area contributed by atoms with Crippen molar-refractivity contribution in [2.45, 2.75) is 22.7 Å². The molecule has 0 aliphatic heterocycles. The molecule has 0 amide bonds. The largest absolute Gasteiger partial charge is 0.258 e. The number of hydrogen-bond donors (Lipinski definition) is 0. The van der Waals surface area contributed by atoms with Crippen LogP contribution < -0.4 is 0 Å². The second-order valence-corrected chi connectivity index (χ2v) is 3.50. The third-order valence-corrected chi connectivity index (χ3v) is 2.19. The Labute approximate surface area is 137 Å². The number of nitrogens with zero attached hydrogens (tertiary/aromatic N) is 1. The summed E-state index contributed by atoms with van der Waals surface area (Å²) in [6, 6.07) is 14.6. The normalized spacial score (nSPS) is 8.76. The summed E-state index contributed by atoms with van der Waals surface area (Å²) in [6.45, 7) is 4.05. The molecule has 94 valence electrons. The molecule has 0 aliphatic rings. The Kier molecular flexibility index (Phi) is 8.92. The quantitative estimate of drug-likeness (QED) is 0.749. The minimum absolute atomic E-state index is 0. The van der Waals surface area contributed by atoms with Gasteiger partial charge in [0.25, 0.3) is 0 Å². The summed E-state index contributed by atoms with van der Waals surface area (Å²) >= 11 is 2.15. The van der Waals surface area contributed by atoms with Crippen LogP contribution in [-0.2, 0) is 0 Å². The van der Waals surface area contributed by atoms with Gasteiger partial charge in [-0.1, -0.05) is 37.8 Å². The van der Waals surface area contributed by atoms with Gasteiger partial charge in [0, 0.05) is 11.4 Å². The van der Waals surface area contributed by atoms with Crippen LogP contribution in [0, 0.1) is 60.4 Å². The van der Waals surface area contributed by atoms with E-state index in [2.05, 4.69) is 87.9 Å². The van der Waals surface area contributed by atoms with Crippen molar-refractivity contribution >= 4 is 0 Å². The molecule has 2 aromatic rings. The fraction of sp³-hybridized carbons (Fsp3) is 0.267. The number of aryl methyl sites for hydroxylation is 2. The molecule has 2 heteroatoms. The van der Waals surface area contributed by atoms with Crippen LogP contribution in [0.4, 0.5) is 0 Å². The van der Waals surface area contributed by atoms with Crippen molar-refractivity contribution in [1.82, 2.24) is 4.98 Å². The third kappa shape index (κ3) is 5.41. The number of pyridine rings is 1. The summed E-state index contributed by atoms with van der Waals surface area (Å²) in [5.74, 6) is 0. The fourth-order valence-corrected chi connectivity index (χ4v) is 1.63. The van der Waals surface area contributed by atoms with Gasteiger partial charge < -0.3 is 0 Å². The summed E-state index contributed by atoms with van der Waals surface area (Å²) in [7, 11) is 0. The van der Waals surface area contributed by atoms with Gasteiger partial charge in [-0.05, 0) is 37.1 Å². The minimum atomic E-state index is 0. The second kappa shape index (κ2) is 8.95. The predicted octanol–water partition coefficient (Wildman–Crippen LogP) is 4.32. The maximum absolute atomic E-state index is 4.36. The van der Waals surface area contributed by atoms with Gasteiger partial charge in [-0.2, -0.15) is 0 Å². The monoisotopic (exact) mass is 347 g/mol. The van der Waals surface area contributed by atoms with Gasteiger partial charge in [-0.25, -0.2) is 0 Å². The summed E-state index contributed by atoms with van der Waals surface area (Å²) in [4.78, 5) is 4.36. The van der Waals surface area contributed by atoms with E-state index in [0.29, 0.717) is 0 Å². The van der Waals surface area contributed by atoms with Crippen LogP contribution in [0.5, 0.6) is 0 Å². The first-order valence-corrected chi connectivity index (χ1v) is 7.30. The van der Waals surface area contributed by atoms with E-state index in [9.17, 15) is 0 Å². The molecule has 1 heterocycles. The molecule has 1 nitrogen and oxygen atoms in total. The standard InChI is InChI=1S/C13H13N.CH4Xe.CH4/c1-10-8-13(9-11(2)14-10)12-6-4-3-5-7-12;1-2;/h3-9H,1-2H3;2H,1H3;1H4. The molecule has 2 rings (SSSR count). The van der Waals surface area contributed by atoms with E-state index in [1.54, 1.807) is 0 Å². The molecule has 1 aromatic carbocycles. The van der Waals surface area contributed by atoms with Crippen molar-refractivity contribution in [3.8, 4) is 11.1 Å². The van der Waals surface area contributed by atoms with Crippen LogP contribution in [0.3, 0.4) is 0 Å². The first kappa shape index (κ1) is 16.9. The molecule has 0 saturated heterocycles. The van der Waals surface area contributed by atoms with Gasteiger partial charge >= 0.3 is 47.9 Å². The average molecular weight is 347 g/mol. The molecule has 0 bridgehead atoms. The molecule has 0 atom stereocenters. The molecular formula is C15H21NXe. The summed E-state index contributed by atoms with van der Waals surface area (Å²) in [6.07, 6.45) is 0. The Morgan fingerprint density at radius 1 is 0.824 bits per heavy atom. The van der Waals surface area contributed by atoms with Crippen LogP contribution in [0.15, 0.2) is 42.5 Å². The van der Waals surface area contributed by atoms with Gasteiger partial charge in [-0.3, -0.25) is 4.98 Å². The Hall–Kier alpha value is -0.0586. The number of hydrogen-bond acceptors (Lipinski definition) is 1. The van der Waals surface area contributed by atoms with E-state index in [0.717, 1.165) is 11.4 Å². The number of aromatic nitrogens is 1. The molecule has 0 spiro atoms. The maximum Gasteiger partial charge on any atom is 0.0382 e. The van der Waals surface area contributed by atoms with Crippen LogP contribution in [-0.4, -0.2) is 4.98 Å². The van der Waals surface area contributed by atoms with E-state index in [-0.39, 0.29) is 7.43 Å². The molecule has 0 radical (unpaired) electrons. The van der Waals surface area contributed by atoms with Gasteiger partial charge in [-0.15, -0.1) is 0 Å². The Balaban J connectivity index is 0.000000811. The van der Waals surface area contributed by atoms with E-state index in [1.807, 2.05) is 21.3 Å². The zero-order chi connectivity index (χ0) is 12.0. The van der Waals surface area contributed by atoms with Crippen molar-refractivity contribution < 1.29 is 46.5 Å². The number of rotatable bonds is 1. The van der Waals surface area contributed by atoms with E-state index < -0.39 is 0 Å². The van der Waals surface area contributed by atoms with Crippen LogP contribution in [0.25, 0.3) is 11.1 Å². The summed E-state index contributed by atoms with van der Waals surface area (Å²) in [5.41, 5.74) is 4.64. The average Bonchev–Trinajstić information content (AvgIpc) is 2.32. The zero-order valence-corrected chi connectivity index (χ0v) is 12.0. The minimum Gasteiger partial charge on any atom is -0.258 e. The first-order valence-electron chi connectivity index (χ1n) is 5.14. The molecule has 0 fully saturated rings. The van der Waals surface area contributed by atoms with Crippen molar-refractivity contribution in [2.75, 3.05) is 0 Å². The third-order valence-electron chi connectivity index (χ3n) is 2.19. The predicted molar refractivity (Wildman–Crippen MR) is 73.1 cm³/mol. The van der Waals surface area contributed by atoms with Gasteiger partial charge in [0.2, 0.25) is 0 Å². The Morgan fingerprint density at radius 2 is 1.29 bits per heavy atom. The maximum atomic E-state index is 4.36. The van der Waals surface area contributed by atoms with Gasteiger partial charge in [0.15, 0.2) is 0 Å². The molecule has 0 unspecified atom stereocenters. The Morgan fingerprint density at radius 3 is 1.76 bits per heavy atom. The molecule has 0 N–H and O–H groups in total. The molecule has 0 saturated carbocycles. The summed E-state index contributed by atoms with van der Waals surface area (Å²) < 4.78 is 1.97. The van der Waals surface area contributed by atoms with Crippen molar-refractivity contribution in [2.24, 2.45) is 0 Å². The molecular weight excluding hydrogens is 325 g/mol. The smallest absolute Gasteiger partial charge is 0.0382 e. The topological polar surface area (TPSA) is 12.9 Å². The SMILES string of the molecule is C.C[XeH].Cc1cc(-c2ccccc2)cc(C)n1. The van der Waals surface area contributed by atoms with E-state index >= 15 is 0 Å². The summed E-state index contributed by atoms with van der Waals surface area (Å²) in [5, 5.41) is 0. The first-order chi connectivity index (χ1) is 7.75. The van der Waals surface area contributed by atoms with Crippen LogP contribution >= 0.6 is 0 Å². The fourth-order valence-electron chi connectivity index (χ4n) is 1.63. The van der Waals surface area contributed by atoms with Crippen LogP contribution in [0.2, 0.25) is 1.39 Å². The van der Waals surface area contributed by atoms with Crippen molar-refractivity contribution in [1.29, 1.82) is 0 Å². The van der Waals surface area contributed by atoms with Crippen molar-refractivity contribution in [3.05, 3.63) is 53.9 Å². The molecule has 0 aliphatic carbocycles. The van der Waals surface area contributed by atoms with E-state index in [4.69, 9.17) is 0 Å².